The minimum atomic E-state index is 0.426. The third-order valence-corrected chi connectivity index (χ3v) is 5.11. The van der Waals surface area contributed by atoms with E-state index >= 15 is 0 Å². The third kappa shape index (κ3) is 3.19. The van der Waals surface area contributed by atoms with Crippen molar-refractivity contribution in [1.82, 2.24) is 5.32 Å². The molecule has 0 aliphatic carbocycles. The van der Waals surface area contributed by atoms with Crippen LogP contribution < -0.4 is 5.32 Å². The number of hydrogen-bond acceptors (Lipinski definition) is 2. The lowest BCUT2D eigenvalue weighted by Crippen LogP contribution is -2.23. The van der Waals surface area contributed by atoms with Crippen LogP contribution in [0.2, 0.25) is 5.02 Å². The molecule has 17 heavy (non-hydrogen) atoms. The van der Waals surface area contributed by atoms with Gasteiger partial charge < -0.3 is 5.32 Å². The molecule has 0 radical (unpaired) electrons. The summed E-state index contributed by atoms with van der Waals surface area (Å²) < 4.78 is 1.07. The Bertz CT molecular complexity index is 411. The van der Waals surface area contributed by atoms with E-state index in [2.05, 4.69) is 41.2 Å². The number of fused-ring (bicyclic) bond motifs is 1. The number of halogens is 2. The van der Waals surface area contributed by atoms with E-state index < -0.39 is 0 Å². The highest BCUT2D eigenvalue weighted by atomic mass is 79.9. The molecule has 0 aromatic heterocycles. The highest BCUT2D eigenvalue weighted by molar-refractivity contribution is 9.10. The number of nitrogens with one attached hydrogen (secondary N) is 1. The van der Waals surface area contributed by atoms with Crippen molar-refractivity contribution in [3.8, 4) is 0 Å². The van der Waals surface area contributed by atoms with Gasteiger partial charge in [-0.1, -0.05) is 41.4 Å². The van der Waals surface area contributed by atoms with Crippen molar-refractivity contribution < 1.29 is 0 Å². The molecule has 2 rings (SSSR count). The van der Waals surface area contributed by atoms with E-state index in [0.717, 1.165) is 28.2 Å². The summed E-state index contributed by atoms with van der Waals surface area (Å²) in [5.41, 5.74) is 2.67. The van der Waals surface area contributed by atoms with Crippen molar-refractivity contribution in [2.24, 2.45) is 0 Å². The zero-order valence-electron chi connectivity index (χ0n) is 10.1. The fraction of sp³-hybridized carbons (Fsp3) is 0.538. The van der Waals surface area contributed by atoms with Crippen LogP contribution in [-0.4, -0.2) is 11.8 Å². The van der Waals surface area contributed by atoms with Gasteiger partial charge in [-0.2, -0.15) is 11.8 Å². The third-order valence-electron chi connectivity index (χ3n) is 3.10. The van der Waals surface area contributed by atoms with Gasteiger partial charge in [-0.15, -0.1) is 0 Å². The normalized spacial score (nSPS) is 24.2. The molecule has 4 heteroatoms. The average molecular weight is 335 g/mol. The first-order chi connectivity index (χ1) is 8.11. The summed E-state index contributed by atoms with van der Waals surface area (Å²) in [7, 11) is 0. The van der Waals surface area contributed by atoms with E-state index in [4.69, 9.17) is 11.6 Å². The second-order valence-corrected chi connectivity index (χ2v) is 7.17. The molecular formula is C13H17BrClNS. The SMILES string of the molecule is CCNC1CC(C)SCc2c(Cl)cc(Br)cc21. The Morgan fingerprint density at radius 2 is 2.29 bits per heavy atom. The summed E-state index contributed by atoms with van der Waals surface area (Å²) in [6.07, 6.45) is 1.16. The van der Waals surface area contributed by atoms with Crippen LogP contribution in [0.1, 0.15) is 37.4 Å². The van der Waals surface area contributed by atoms with Crippen molar-refractivity contribution in [1.29, 1.82) is 0 Å². The van der Waals surface area contributed by atoms with E-state index in [1.165, 1.54) is 11.1 Å². The van der Waals surface area contributed by atoms with Crippen LogP contribution in [0.15, 0.2) is 16.6 Å². The lowest BCUT2D eigenvalue weighted by Gasteiger charge is -2.20. The van der Waals surface area contributed by atoms with Gasteiger partial charge in [-0.3, -0.25) is 0 Å². The fourth-order valence-corrected chi connectivity index (χ4v) is 4.36. The molecular weight excluding hydrogens is 318 g/mol. The lowest BCUT2D eigenvalue weighted by molar-refractivity contribution is 0.515. The predicted octanol–water partition coefficient (Wildman–Crippen LogP) is 4.78. The molecule has 0 saturated heterocycles. The number of thioether (sulfide) groups is 1. The molecule has 1 aliphatic rings. The number of rotatable bonds is 2. The molecule has 1 aromatic rings. The zero-order chi connectivity index (χ0) is 12.4. The van der Waals surface area contributed by atoms with E-state index in [0.29, 0.717) is 11.3 Å². The first-order valence-corrected chi connectivity index (χ1v) is 8.16. The second kappa shape index (κ2) is 5.96. The van der Waals surface area contributed by atoms with Gasteiger partial charge in [0, 0.05) is 26.5 Å². The maximum Gasteiger partial charge on any atom is 0.0460 e. The molecule has 0 saturated carbocycles. The maximum atomic E-state index is 6.36. The van der Waals surface area contributed by atoms with Crippen LogP contribution in [0.4, 0.5) is 0 Å². The number of benzene rings is 1. The summed E-state index contributed by atoms with van der Waals surface area (Å²) >= 11 is 11.9. The molecule has 0 amide bonds. The minimum Gasteiger partial charge on any atom is -0.310 e. The molecule has 0 spiro atoms. The maximum absolute atomic E-state index is 6.36. The second-order valence-electron chi connectivity index (χ2n) is 4.42. The van der Waals surface area contributed by atoms with Gasteiger partial charge in [0.15, 0.2) is 0 Å². The Morgan fingerprint density at radius 1 is 1.53 bits per heavy atom. The van der Waals surface area contributed by atoms with Crippen molar-refractivity contribution in [3.05, 3.63) is 32.8 Å². The molecule has 1 N–H and O–H groups in total. The summed E-state index contributed by atoms with van der Waals surface area (Å²) in [5, 5.41) is 5.13. The average Bonchev–Trinajstić information content (AvgIpc) is 2.40. The molecule has 2 atom stereocenters. The molecule has 0 bridgehead atoms. The van der Waals surface area contributed by atoms with Gasteiger partial charge in [-0.05, 0) is 36.2 Å². The molecule has 0 fully saturated rings. The summed E-state index contributed by atoms with van der Waals surface area (Å²) in [6, 6.07) is 4.64. The van der Waals surface area contributed by atoms with Crippen molar-refractivity contribution in [3.63, 3.8) is 0 Å². The lowest BCUT2D eigenvalue weighted by atomic mass is 9.97. The zero-order valence-corrected chi connectivity index (χ0v) is 13.3. The van der Waals surface area contributed by atoms with E-state index in [-0.39, 0.29) is 0 Å². The Labute approximate surface area is 121 Å². The van der Waals surface area contributed by atoms with Gasteiger partial charge in [0.1, 0.15) is 0 Å². The molecule has 1 nitrogen and oxygen atoms in total. The quantitative estimate of drug-likeness (QED) is 0.835. The standard InChI is InChI=1S/C13H17BrClNS/c1-3-16-13-4-8(2)17-7-11-10(13)5-9(14)6-12(11)15/h5-6,8,13,16H,3-4,7H2,1-2H3. The smallest absolute Gasteiger partial charge is 0.0460 e. The molecule has 1 aromatic carbocycles. The van der Waals surface area contributed by atoms with E-state index in [1.54, 1.807) is 0 Å². The Balaban J connectivity index is 2.43. The van der Waals surface area contributed by atoms with Gasteiger partial charge in [0.25, 0.3) is 0 Å². The van der Waals surface area contributed by atoms with Crippen LogP contribution in [0.3, 0.4) is 0 Å². The van der Waals surface area contributed by atoms with E-state index in [9.17, 15) is 0 Å². The summed E-state index contributed by atoms with van der Waals surface area (Å²) in [6.45, 7) is 5.44. The molecule has 1 aliphatic heterocycles. The van der Waals surface area contributed by atoms with Crippen LogP contribution >= 0.6 is 39.3 Å². The van der Waals surface area contributed by atoms with Crippen LogP contribution in [0, 0.1) is 0 Å². The molecule has 1 heterocycles. The van der Waals surface area contributed by atoms with Gasteiger partial charge in [0.05, 0.1) is 0 Å². The van der Waals surface area contributed by atoms with Crippen LogP contribution in [-0.2, 0) is 5.75 Å². The fourth-order valence-electron chi connectivity index (χ4n) is 2.28. The van der Waals surface area contributed by atoms with Gasteiger partial charge in [-0.25, -0.2) is 0 Å². The van der Waals surface area contributed by atoms with Gasteiger partial charge >= 0.3 is 0 Å². The summed E-state index contributed by atoms with van der Waals surface area (Å²) in [4.78, 5) is 0. The van der Waals surface area contributed by atoms with Crippen molar-refractivity contribution >= 4 is 39.3 Å². The highest BCUT2D eigenvalue weighted by Gasteiger charge is 2.24. The van der Waals surface area contributed by atoms with Gasteiger partial charge in [0.2, 0.25) is 0 Å². The first-order valence-electron chi connectivity index (χ1n) is 5.94. The van der Waals surface area contributed by atoms with Crippen LogP contribution in [0.5, 0.6) is 0 Å². The highest BCUT2D eigenvalue weighted by Crippen LogP contribution is 2.39. The van der Waals surface area contributed by atoms with Crippen molar-refractivity contribution in [2.75, 3.05) is 6.54 Å². The van der Waals surface area contributed by atoms with Crippen LogP contribution in [0.25, 0.3) is 0 Å². The van der Waals surface area contributed by atoms with Crippen molar-refractivity contribution in [2.45, 2.75) is 37.3 Å². The Hall–Kier alpha value is 0.300. The topological polar surface area (TPSA) is 12.0 Å². The largest absolute Gasteiger partial charge is 0.310 e. The minimum absolute atomic E-state index is 0.426. The monoisotopic (exact) mass is 333 g/mol. The molecule has 94 valence electrons. The predicted molar refractivity (Wildman–Crippen MR) is 80.9 cm³/mol. The Morgan fingerprint density at radius 3 is 3.00 bits per heavy atom. The van der Waals surface area contributed by atoms with E-state index in [1.807, 2.05) is 17.8 Å². The summed E-state index contributed by atoms with van der Waals surface area (Å²) in [5.74, 6) is 1.02. The number of hydrogen-bond donors (Lipinski definition) is 1. The molecule has 2 unspecified atom stereocenters. The first kappa shape index (κ1) is 13.7. The Kier molecular flexibility index (Phi) is 4.81.